The van der Waals surface area contributed by atoms with Crippen LogP contribution < -0.4 is 26.1 Å². The fraction of sp³-hybridized carbons (Fsp3) is 0.130. The lowest BCUT2D eigenvalue weighted by atomic mass is 10.2. The molecule has 34 heavy (non-hydrogen) atoms. The molecule has 1 amide bonds. The molecule has 0 aliphatic heterocycles. The van der Waals surface area contributed by atoms with Crippen molar-refractivity contribution in [2.24, 2.45) is 5.73 Å². The van der Waals surface area contributed by atoms with E-state index in [1.54, 1.807) is 0 Å². The Hall–Kier alpha value is -4.64. The smallest absolute Gasteiger partial charge is 0.371 e. The van der Waals surface area contributed by atoms with Gasteiger partial charge in [0.25, 0.3) is 5.91 Å². The number of amides is 1. The highest BCUT2D eigenvalue weighted by atomic mass is 16.5. The van der Waals surface area contributed by atoms with Gasteiger partial charge in [-0.1, -0.05) is 12.1 Å². The Morgan fingerprint density at radius 3 is 1.79 bits per heavy atom. The van der Waals surface area contributed by atoms with Crippen LogP contribution in [0.3, 0.4) is 0 Å². The first-order valence-corrected chi connectivity index (χ1v) is 9.85. The van der Waals surface area contributed by atoms with Crippen LogP contribution in [0, 0.1) is 0 Å². The molecule has 2 aromatic heterocycles. The quantitative estimate of drug-likeness (QED) is 0.344. The maximum absolute atomic E-state index is 12.4. The third kappa shape index (κ3) is 4.45. The summed E-state index contributed by atoms with van der Waals surface area (Å²) in [5, 5.41) is 19.4. The zero-order valence-electron chi connectivity index (χ0n) is 17.3. The van der Waals surface area contributed by atoms with Crippen LogP contribution in [-0.2, 0) is 0 Å². The predicted molar refractivity (Wildman–Crippen MR) is 117 cm³/mol. The van der Waals surface area contributed by atoms with Gasteiger partial charge in [-0.2, -0.15) is 0 Å². The minimum atomic E-state index is -1.38. The lowest BCUT2D eigenvalue weighted by Gasteiger charge is -2.15. The van der Waals surface area contributed by atoms with E-state index in [0.717, 1.165) is 12.1 Å². The largest absolute Gasteiger partial charge is 0.490 e. The summed E-state index contributed by atoms with van der Waals surface area (Å²) >= 11 is 0. The van der Waals surface area contributed by atoms with Gasteiger partial charge in [0.2, 0.25) is 5.76 Å². The van der Waals surface area contributed by atoms with Crippen molar-refractivity contribution < 1.29 is 38.1 Å². The number of aliphatic hydroxyl groups is 1. The second-order valence-electron chi connectivity index (χ2n) is 7.15. The van der Waals surface area contributed by atoms with Crippen molar-refractivity contribution in [3.63, 3.8) is 0 Å². The molecular formula is C23H17NO10. The Bertz CT molecular complexity index is 1420. The van der Waals surface area contributed by atoms with Gasteiger partial charge in [-0.15, -0.1) is 0 Å². The Morgan fingerprint density at radius 2 is 1.32 bits per heavy atom. The summed E-state index contributed by atoms with van der Waals surface area (Å²) in [4.78, 5) is 47.1. The van der Waals surface area contributed by atoms with Crippen LogP contribution in [0.1, 0.15) is 21.1 Å². The van der Waals surface area contributed by atoms with Crippen LogP contribution in [-0.4, -0.2) is 41.4 Å². The lowest BCUT2D eigenvalue weighted by Crippen LogP contribution is -2.25. The average Bonchev–Trinajstić information content (AvgIpc) is 2.80. The predicted octanol–water partition coefficient (Wildman–Crippen LogP) is 1.52. The Morgan fingerprint density at radius 1 is 0.853 bits per heavy atom. The summed E-state index contributed by atoms with van der Waals surface area (Å²) in [6.45, 7) is -0.566. The van der Waals surface area contributed by atoms with Crippen LogP contribution in [0.5, 0.6) is 11.5 Å². The van der Waals surface area contributed by atoms with Gasteiger partial charge < -0.3 is 34.3 Å². The number of nitrogens with two attached hydrogens (primary N) is 1. The van der Waals surface area contributed by atoms with E-state index in [0.29, 0.717) is 0 Å². The van der Waals surface area contributed by atoms with Crippen molar-refractivity contribution in [1.82, 2.24) is 0 Å². The van der Waals surface area contributed by atoms with E-state index < -0.39 is 34.6 Å². The Kier molecular flexibility index (Phi) is 6.02. The van der Waals surface area contributed by atoms with Gasteiger partial charge in [-0.3, -0.25) is 14.4 Å². The number of carboxylic acid groups (broad SMARTS) is 1. The van der Waals surface area contributed by atoms with Gasteiger partial charge in [-0.05, 0) is 24.3 Å². The number of ether oxygens (including phenoxy) is 2. The topological polar surface area (TPSA) is 180 Å². The molecule has 11 nitrogen and oxygen atoms in total. The van der Waals surface area contributed by atoms with Crippen molar-refractivity contribution in [1.29, 1.82) is 0 Å². The van der Waals surface area contributed by atoms with Gasteiger partial charge in [-0.25, -0.2) is 4.79 Å². The fourth-order valence-corrected chi connectivity index (χ4v) is 3.24. The minimum Gasteiger partial charge on any atom is -0.490 e. The highest BCUT2D eigenvalue weighted by molar-refractivity contribution is 5.93. The van der Waals surface area contributed by atoms with E-state index in [1.807, 2.05) is 0 Å². The molecule has 0 radical (unpaired) electrons. The first-order valence-electron chi connectivity index (χ1n) is 9.85. The SMILES string of the molecule is NC(=O)c1cc(=O)c2c(OCC(O)COc3cccc4oc(C(=O)O)cc(=O)c34)cccc2o1. The molecule has 0 aliphatic carbocycles. The summed E-state index contributed by atoms with van der Waals surface area (Å²) in [5.74, 6) is -2.87. The zero-order chi connectivity index (χ0) is 24.4. The zero-order valence-corrected chi connectivity index (χ0v) is 17.3. The molecule has 0 aliphatic rings. The first-order chi connectivity index (χ1) is 16.2. The Labute approximate surface area is 189 Å². The van der Waals surface area contributed by atoms with E-state index in [2.05, 4.69) is 0 Å². The van der Waals surface area contributed by atoms with Crippen molar-refractivity contribution in [3.05, 3.63) is 80.5 Å². The number of aromatic carboxylic acids is 1. The summed E-state index contributed by atoms with van der Waals surface area (Å²) < 4.78 is 21.6. The summed E-state index contributed by atoms with van der Waals surface area (Å²) in [6.07, 6.45) is -1.17. The number of carbonyl (C=O) groups is 2. The van der Waals surface area contributed by atoms with E-state index in [9.17, 15) is 24.3 Å². The van der Waals surface area contributed by atoms with E-state index in [4.69, 9.17) is 29.1 Å². The lowest BCUT2D eigenvalue weighted by molar-refractivity contribution is 0.0636. The molecule has 1 unspecified atom stereocenters. The van der Waals surface area contributed by atoms with Crippen LogP contribution in [0.4, 0.5) is 0 Å². The molecule has 4 aromatic rings. The number of hydrogen-bond acceptors (Lipinski definition) is 9. The number of carbonyl (C=O) groups excluding carboxylic acids is 1. The molecule has 0 saturated carbocycles. The molecular weight excluding hydrogens is 450 g/mol. The summed E-state index contributed by atoms with van der Waals surface area (Å²) in [5.41, 5.74) is 4.11. The van der Waals surface area contributed by atoms with Crippen molar-refractivity contribution in [3.8, 4) is 11.5 Å². The number of aliphatic hydroxyl groups excluding tert-OH is 1. The summed E-state index contributed by atoms with van der Waals surface area (Å²) in [6, 6.07) is 10.7. The first kappa shape index (κ1) is 22.6. The molecule has 4 N–H and O–H groups in total. The molecule has 0 saturated heterocycles. The number of rotatable bonds is 8. The molecule has 0 bridgehead atoms. The second-order valence-corrected chi connectivity index (χ2v) is 7.15. The van der Waals surface area contributed by atoms with Gasteiger partial charge in [0.05, 0.1) is 0 Å². The molecule has 2 aromatic carbocycles. The van der Waals surface area contributed by atoms with Crippen molar-refractivity contribution in [2.45, 2.75) is 6.10 Å². The standard InChI is InChI=1S/C23H17NO10/c24-22(28)18-7-12(26)20-14(3-1-5-16(20)33-18)31-9-11(25)10-32-15-4-2-6-17-21(15)13(27)8-19(34-17)23(29)30/h1-8,11,25H,9-10H2,(H2,24,28)(H,29,30). The van der Waals surface area contributed by atoms with Gasteiger partial charge in [0.1, 0.15) is 52.8 Å². The van der Waals surface area contributed by atoms with Gasteiger partial charge >= 0.3 is 5.97 Å². The van der Waals surface area contributed by atoms with Crippen LogP contribution in [0.2, 0.25) is 0 Å². The normalized spacial score (nSPS) is 11.9. The molecule has 174 valence electrons. The number of fused-ring (bicyclic) bond motifs is 2. The van der Waals surface area contributed by atoms with Crippen molar-refractivity contribution in [2.75, 3.05) is 13.2 Å². The van der Waals surface area contributed by atoms with Crippen LogP contribution in [0.25, 0.3) is 21.9 Å². The van der Waals surface area contributed by atoms with E-state index in [1.165, 1.54) is 36.4 Å². The molecule has 0 spiro atoms. The van der Waals surface area contributed by atoms with Gasteiger partial charge in [0.15, 0.2) is 16.6 Å². The highest BCUT2D eigenvalue weighted by Crippen LogP contribution is 2.25. The third-order valence-electron chi connectivity index (χ3n) is 4.75. The number of primary amides is 1. The maximum Gasteiger partial charge on any atom is 0.371 e. The highest BCUT2D eigenvalue weighted by Gasteiger charge is 2.17. The fourth-order valence-electron chi connectivity index (χ4n) is 3.24. The van der Waals surface area contributed by atoms with E-state index >= 15 is 0 Å². The van der Waals surface area contributed by atoms with Crippen LogP contribution in [0.15, 0.2) is 67.0 Å². The summed E-state index contributed by atoms with van der Waals surface area (Å²) in [7, 11) is 0. The number of hydrogen-bond donors (Lipinski definition) is 3. The van der Waals surface area contributed by atoms with Gasteiger partial charge in [0, 0.05) is 12.1 Å². The number of benzene rings is 2. The number of carboxylic acids is 1. The molecule has 4 rings (SSSR count). The third-order valence-corrected chi connectivity index (χ3v) is 4.75. The molecule has 1 atom stereocenters. The Balaban J connectivity index is 1.49. The second kappa shape index (κ2) is 9.08. The maximum atomic E-state index is 12.4. The molecule has 2 heterocycles. The monoisotopic (exact) mass is 467 g/mol. The average molecular weight is 467 g/mol. The van der Waals surface area contributed by atoms with E-state index in [-0.39, 0.29) is 52.4 Å². The van der Waals surface area contributed by atoms with Crippen molar-refractivity contribution >= 4 is 33.8 Å². The molecule has 0 fully saturated rings. The molecule has 11 heteroatoms. The minimum absolute atomic E-state index is 0.0194. The van der Waals surface area contributed by atoms with Crippen LogP contribution >= 0.6 is 0 Å².